The Labute approximate surface area is 411 Å². The van der Waals surface area contributed by atoms with Crippen molar-refractivity contribution < 1.29 is 28.5 Å². The third-order valence-electron chi connectivity index (χ3n) is 18.6. The topological polar surface area (TPSA) is 74.3 Å². The van der Waals surface area contributed by atoms with Gasteiger partial charge in [-0.2, -0.15) is 0 Å². The first-order chi connectivity index (χ1) is 32.5. The highest BCUT2D eigenvalue weighted by atomic mass is 16.6. The molecule has 1 saturated heterocycles. The minimum atomic E-state index is -0.384. The fraction of sp³-hybridized carbons (Fsp3) is 0.900. The number of ether oxygens (including phenoxy) is 4. The maximum absolute atomic E-state index is 13.4. The van der Waals surface area contributed by atoms with Gasteiger partial charge in [-0.05, 0) is 156 Å². The number of carbonyl (C=O) groups excluding carboxylic acids is 2. The predicted octanol–water partition coefficient (Wildman–Crippen LogP) is 15.0. The lowest BCUT2D eigenvalue weighted by molar-refractivity contribution is -0.157. The lowest BCUT2D eigenvalue weighted by Crippen LogP contribution is -2.51. The van der Waals surface area contributed by atoms with Crippen LogP contribution in [0.25, 0.3) is 0 Å². The zero-order valence-corrected chi connectivity index (χ0v) is 44.4. The van der Waals surface area contributed by atoms with Crippen LogP contribution in [0.15, 0.2) is 23.8 Å². The molecule has 4 saturated carbocycles. The van der Waals surface area contributed by atoms with Gasteiger partial charge in [0.2, 0.25) is 0 Å². The van der Waals surface area contributed by atoms with Crippen molar-refractivity contribution in [2.24, 2.45) is 58.2 Å². The van der Waals surface area contributed by atoms with Crippen molar-refractivity contribution in [1.29, 1.82) is 0 Å². The van der Waals surface area contributed by atoms with Gasteiger partial charge in [-0.3, -0.25) is 9.59 Å². The molecule has 0 radical (unpaired) electrons. The molecule has 0 aromatic rings. The number of fused-ring (bicyclic) bond motifs is 5. The number of esters is 2. The largest absolute Gasteiger partial charge is 0.463 e. The van der Waals surface area contributed by atoms with Crippen molar-refractivity contribution in [3.63, 3.8) is 0 Å². The molecule has 11 atom stereocenters. The highest BCUT2D eigenvalue weighted by Gasteiger charge is 2.59. The van der Waals surface area contributed by atoms with Crippen molar-refractivity contribution in [1.82, 2.24) is 4.90 Å². The van der Waals surface area contributed by atoms with Gasteiger partial charge in [-0.1, -0.05) is 149 Å². The lowest BCUT2D eigenvalue weighted by atomic mass is 9.47. The molecule has 7 nitrogen and oxygen atoms in total. The van der Waals surface area contributed by atoms with Crippen LogP contribution in [0.2, 0.25) is 0 Å². The monoisotopic (exact) mass is 934 g/mol. The molecule has 0 aromatic carbocycles. The molecule has 6 aliphatic rings. The first-order valence-electron chi connectivity index (χ1n) is 29.2. The van der Waals surface area contributed by atoms with E-state index in [1.807, 2.05) is 0 Å². The van der Waals surface area contributed by atoms with Gasteiger partial charge in [-0.25, -0.2) is 0 Å². The maximum atomic E-state index is 13.4. The molecule has 5 fully saturated rings. The van der Waals surface area contributed by atoms with Crippen LogP contribution in [0.4, 0.5) is 0 Å². The number of hydrogen-bond acceptors (Lipinski definition) is 7. The maximum Gasteiger partial charge on any atom is 0.310 e. The number of carbonyl (C=O) groups is 2. The van der Waals surface area contributed by atoms with Crippen molar-refractivity contribution in [3.05, 3.63) is 23.8 Å². The summed E-state index contributed by atoms with van der Waals surface area (Å²) >= 11 is 0. The standard InChI is InChI=1S/C60H103NO6/c1-7-8-9-10-11-12-13-14-15-16-17-18-19-20-21-25-39-64-45-50(44-61-37-23-22-24-38-61)65-40-41-66-57(62)52-43-53(52)58(63)67-49-33-35-59(5)48(42-49)29-30-51-55-32-31-54(47(4)28-26-27-46(2)3)60(55,6)36-34-56(51)59/h14-15,29,46-47,49-56H,7-13,16-28,30-45H2,1-6H3/t47-,49+,50?,51?,52?,53?,54-,55?,56?,59+,60-/m1/s1. The molecule has 0 aromatic heterocycles. The van der Waals surface area contributed by atoms with E-state index in [1.54, 1.807) is 5.57 Å². The molecule has 1 heterocycles. The van der Waals surface area contributed by atoms with Gasteiger partial charge in [0.1, 0.15) is 12.7 Å². The lowest BCUT2D eigenvalue weighted by Gasteiger charge is -2.58. The van der Waals surface area contributed by atoms with E-state index >= 15 is 0 Å². The molecular weight excluding hydrogens is 831 g/mol. The zero-order chi connectivity index (χ0) is 47.5. The molecule has 0 amide bonds. The van der Waals surface area contributed by atoms with E-state index in [1.165, 1.54) is 154 Å². The highest BCUT2D eigenvalue weighted by Crippen LogP contribution is 2.67. The van der Waals surface area contributed by atoms with E-state index in [4.69, 9.17) is 18.9 Å². The Morgan fingerprint density at radius 2 is 1.45 bits per heavy atom. The molecule has 67 heavy (non-hydrogen) atoms. The summed E-state index contributed by atoms with van der Waals surface area (Å²) in [6, 6.07) is 0. The third kappa shape index (κ3) is 16.4. The van der Waals surface area contributed by atoms with Crippen LogP contribution in [0.1, 0.15) is 228 Å². The molecule has 0 N–H and O–H groups in total. The summed E-state index contributed by atoms with van der Waals surface area (Å²) in [7, 11) is 0. The van der Waals surface area contributed by atoms with E-state index in [-0.39, 0.29) is 48.0 Å². The summed E-state index contributed by atoms with van der Waals surface area (Å²) in [6.07, 6.45) is 43.7. The summed E-state index contributed by atoms with van der Waals surface area (Å²) in [4.78, 5) is 29.0. The van der Waals surface area contributed by atoms with Crippen LogP contribution >= 0.6 is 0 Å². The van der Waals surface area contributed by atoms with Crippen molar-refractivity contribution in [2.45, 2.75) is 240 Å². The zero-order valence-electron chi connectivity index (χ0n) is 44.4. The van der Waals surface area contributed by atoms with E-state index in [9.17, 15) is 9.59 Å². The molecule has 384 valence electrons. The Hall–Kier alpha value is -1.70. The van der Waals surface area contributed by atoms with Gasteiger partial charge in [0.05, 0.1) is 31.2 Å². The normalized spacial score (nSPS) is 31.5. The second-order valence-corrected chi connectivity index (χ2v) is 24.1. The average molecular weight is 934 g/mol. The van der Waals surface area contributed by atoms with E-state index in [2.05, 4.69) is 64.7 Å². The Morgan fingerprint density at radius 1 is 0.746 bits per heavy atom. The SMILES string of the molecule is CCCCCCCCC=CCCCCCCCCOCC(CN1CCCCC1)OCCOC(=O)C1CC1C(=O)O[C@H]1CC[C@@]2(C)C(=CCC3C2CC[C@@]2(C)C3CC[C@@H]2[C@H](C)CCCC(C)C)C1. The van der Waals surface area contributed by atoms with E-state index < -0.39 is 0 Å². The predicted molar refractivity (Wildman–Crippen MR) is 276 cm³/mol. The summed E-state index contributed by atoms with van der Waals surface area (Å²) < 4.78 is 24.4. The van der Waals surface area contributed by atoms with Crippen LogP contribution in [0.3, 0.4) is 0 Å². The molecular formula is C60H103NO6. The first kappa shape index (κ1) is 54.6. The number of likely N-dealkylation sites (tertiary alicyclic amines) is 1. The summed E-state index contributed by atoms with van der Waals surface area (Å²) in [5, 5.41) is 0. The Bertz CT molecular complexity index is 1500. The number of nitrogens with zero attached hydrogens (tertiary/aromatic N) is 1. The third-order valence-corrected chi connectivity index (χ3v) is 18.6. The molecule has 6 rings (SSSR count). The number of rotatable bonds is 32. The molecule has 1 aliphatic heterocycles. The fourth-order valence-electron chi connectivity index (χ4n) is 14.4. The van der Waals surface area contributed by atoms with Gasteiger partial charge in [0.25, 0.3) is 0 Å². The second kappa shape index (κ2) is 28.4. The average Bonchev–Trinajstić information content (AvgIpc) is 4.05. The van der Waals surface area contributed by atoms with Crippen LogP contribution in [0.5, 0.6) is 0 Å². The minimum absolute atomic E-state index is 0.0384. The van der Waals surface area contributed by atoms with E-state index in [0.717, 1.165) is 87.4 Å². The van der Waals surface area contributed by atoms with Gasteiger partial charge >= 0.3 is 11.9 Å². The number of unbranched alkanes of at least 4 members (excludes halogenated alkanes) is 12. The number of piperidine rings is 1. The molecule has 6 unspecified atom stereocenters. The first-order valence-corrected chi connectivity index (χ1v) is 29.2. The Morgan fingerprint density at radius 3 is 2.18 bits per heavy atom. The fourth-order valence-corrected chi connectivity index (χ4v) is 14.4. The van der Waals surface area contributed by atoms with Crippen molar-refractivity contribution >= 4 is 11.9 Å². The van der Waals surface area contributed by atoms with Crippen LogP contribution in [-0.2, 0) is 28.5 Å². The van der Waals surface area contributed by atoms with Crippen LogP contribution in [-0.4, -0.2) is 75.1 Å². The van der Waals surface area contributed by atoms with Gasteiger partial charge < -0.3 is 23.8 Å². The summed E-state index contributed by atoms with van der Waals surface area (Å²) in [5.74, 6) is 3.69. The van der Waals surface area contributed by atoms with E-state index in [0.29, 0.717) is 25.0 Å². The number of allylic oxidation sites excluding steroid dienone is 3. The highest BCUT2D eigenvalue weighted by molar-refractivity contribution is 5.87. The quantitative estimate of drug-likeness (QED) is 0.0378. The second-order valence-electron chi connectivity index (χ2n) is 24.1. The van der Waals surface area contributed by atoms with Crippen LogP contribution in [0, 0.1) is 58.2 Å². The molecule has 7 heteroatoms. The van der Waals surface area contributed by atoms with Crippen LogP contribution < -0.4 is 0 Å². The number of hydrogen-bond donors (Lipinski definition) is 0. The summed E-state index contributed by atoms with van der Waals surface area (Å²) in [6.45, 7) is 19.8. The summed E-state index contributed by atoms with van der Waals surface area (Å²) in [5.41, 5.74) is 2.27. The van der Waals surface area contributed by atoms with Gasteiger partial charge in [0, 0.05) is 19.6 Å². The minimum Gasteiger partial charge on any atom is -0.463 e. The smallest absolute Gasteiger partial charge is 0.310 e. The molecule has 0 spiro atoms. The Balaban J connectivity index is 0.831. The van der Waals surface area contributed by atoms with Gasteiger partial charge in [0.15, 0.2) is 0 Å². The van der Waals surface area contributed by atoms with Gasteiger partial charge in [-0.15, -0.1) is 0 Å². The molecule has 5 aliphatic carbocycles. The van der Waals surface area contributed by atoms with Crippen molar-refractivity contribution in [3.8, 4) is 0 Å². The molecule has 0 bridgehead atoms. The Kier molecular flexibility index (Phi) is 23.1. The van der Waals surface area contributed by atoms with Crippen molar-refractivity contribution in [2.75, 3.05) is 46.1 Å².